The molecule has 12 heavy (non-hydrogen) atoms. The highest BCUT2D eigenvalue weighted by Gasteiger charge is 2.39. The minimum atomic E-state index is -0.840. The molecule has 1 N–H and O–H groups in total. The summed E-state index contributed by atoms with van der Waals surface area (Å²) in [4.78, 5) is 11.3. The molecule has 1 saturated heterocycles. The Morgan fingerprint density at radius 1 is 1.58 bits per heavy atom. The zero-order valence-corrected chi connectivity index (χ0v) is 7.09. The van der Waals surface area contributed by atoms with E-state index in [1.807, 2.05) is 0 Å². The van der Waals surface area contributed by atoms with Gasteiger partial charge in [-0.1, -0.05) is 0 Å². The molecule has 0 aromatic heterocycles. The van der Waals surface area contributed by atoms with Gasteiger partial charge in [0.25, 0.3) is 0 Å². The first kappa shape index (κ1) is 9.01. The van der Waals surface area contributed by atoms with E-state index in [-0.39, 0.29) is 5.91 Å². The summed E-state index contributed by atoms with van der Waals surface area (Å²) in [5, 5.41) is 11.4. The number of carbonyl (C=O) groups excluding carboxylic acids is 1. The number of nitriles is 1. The van der Waals surface area contributed by atoms with Crippen molar-refractivity contribution in [2.45, 2.75) is 12.8 Å². The number of nitrogens with one attached hydrogen (secondary N) is 1. The van der Waals surface area contributed by atoms with Gasteiger partial charge < -0.3 is 10.1 Å². The van der Waals surface area contributed by atoms with Gasteiger partial charge in [0, 0.05) is 20.3 Å². The van der Waals surface area contributed by atoms with Gasteiger partial charge in [-0.2, -0.15) is 5.26 Å². The van der Waals surface area contributed by atoms with Crippen LogP contribution >= 0.6 is 0 Å². The van der Waals surface area contributed by atoms with Crippen molar-refractivity contribution >= 4 is 5.91 Å². The van der Waals surface area contributed by atoms with Gasteiger partial charge in [-0.25, -0.2) is 0 Å². The van der Waals surface area contributed by atoms with Gasteiger partial charge in [-0.05, 0) is 12.8 Å². The molecule has 0 aromatic rings. The van der Waals surface area contributed by atoms with Gasteiger partial charge in [0.15, 0.2) is 0 Å². The summed E-state index contributed by atoms with van der Waals surface area (Å²) >= 11 is 0. The SMILES string of the molecule is CNC(=O)C1(C#N)CCOCC1. The number of nitrogens with zero attached hydrogens (tertiary/aromatic N) is 1. The van der Waals surface area contributed by atoms with Crippen LogP contribution in [0.15, 0.2) is 0 Å². The fraction of sp³-hybridized carbons (Fsp3) is 0.750. The van der Waals surface area contributed by atoms with Crippen LogP contribution in [0.2, 0.25) is 0 Å². The molecule has 0 radical (unpaired) electrons. The molecule has 1 aliphatic rings. The third kappa shape index (κ3) is 1.41. The number of rotatable bonds is 1. The topological polar surface area (TPSA) is 62.1 Å². The molecule has 1 fully saturated rings. The molecule has 0 unspecified atom stereocenters. The van der Waals surface area contributed by atoms with E-state index in [2.05, 4.69) is 11.4 Å². The lowest BCUT2D eigenvalue weighted by molar-refractivity contribution is -0.131. The van der Waals surface area contributed by atoms with E-state index in [1.165, 1.54) is 0 Å². The minimum Gasteiger partial charge on any atom is -0.381 e. The summed E-state index contributed by atoms with van der Waals surface area (Å²) < 4.78 is 5.09. The maximum absolute atomic E-state index is 11.3. The third-order valence-corrected chi connectivity index (χ3v) is 2.22. The van der Waals surface area contributed by atoms with Crippen LogP contribution in [0.3, 0.4) is 0 Å². The number of hydrogen-bond donors (Lipinski definition) is 1. The van der Waals surface area contributed by atoms with E-state index in [9.17, 15) is 4.79 Å². The lowest BCUT2D eigenvalue weighted by atomic mass is 9.81. The summed E-state index contributed by atoms with van der Waals surface area (Å²) in [6.45, 7) is 1.00. The molecule has 0 bridgehead atoms. The lowest BCUT2D eigenvalue weighted by Crippen LogP contribution is -2.42. The van der Waals surface area contributed by atoms with E-state index in [0.717, 1.165) is 0 Å². The number of ether oxygens (including phenoxy) is 1. The average molecular weight is 168 g/mol. The maximum Gasteiger partial charge on any atom is 0.240 e. The van der Waals surface area contributed by atoms with Gasteiger partial charge in [0.2, 0.25) is 5.91 Å². The molecule has 1 amide bonds. The molecular weight excluding hydrogens is 156 g/mol. The monoisotopic (exact) mass is 168 g/mol. The molecule has 66 valence electrons. The van der Waals surface area contributed by atoms with Gasteiger partial charge in [0.1, 0.15) is 5.41 Å². The van der Waals surface area contributed by atoms with Crippen LogP contribution in [-0.2, 0) is 9.53 Å². The highest BCUT2D eigenvalue weighted by Crippen LogP contribution is 2.29. The Morgan fingerprint density at radius 2 is 2.17 bits per heavy atom. The Bertz CT molecular complexity index is 214. The molecular formula is C8H12N2O2. The molecule has 0 atom stereocenters. The van der Waals surface area contributed by atoms with Gasteiger partial charge in [0.05, 0.1) is 6.07 Å². The fourth-order valence-electron chi connectivity index (χ4n) is 1.35. The van der Waals surface area contributed by atoms with Crippen LogP contribution in [-0.4, -0.2) is 26.2 Å². The van der Waals surface area contributed by atoms with Crippen molar-refractivity contribution in [3.8, 4) is 6.07 Å². The van der Waals surface area contributed by atoms with Crippen molar-refractivity contribution in [1.82, 2.24) is 5.32 Å². The zero-order valence-electron chi connectivity index (χ0n) is 7.09. The molecule has 0 aliphatic carbocycles. The number of carbonyl (C=O) groups is 1. The van der Waals surface area contributed by atoms with Crippen LogP contribution in [0.4, 0.5) is 0 Å². The highest BCUT2D eigenvalue weighted by atomic mass is 16.5. The molecule has 1 aliphatic heterocycles. The normalized spacial score (nSPS) is 21.0. The average Bonchev–Trinajstić information content (AvgIpc) is 2.17. The van der Waals surface area contributed by atoms with Gasteiger partial charge >= 0.3 is 0 Å². The Hall–Kier alpha value is -1.08. The van der Waals surface area contributed by atoms with E-state index < -0.39 is 5.41 Å². The van der Waals surface area contributed by atoms with Crippen LogP contribution in [0, 0.1) is 16.7 Å². The van der Waals surface area contributed by atoms with Crippen LogP contribution in [0.25, 0.3) is 0 Å². The van der Waals surface area contributed by atoms with E-state index in [4.69, 9.17) is 10.00 Å². The first-order valence-corrected chi connectivity index (χ1v) is 3.96. The van der Waals surface area contributed by atoms with E-state index in [0.29, 0.717) is 26.1 Å². The first-order valence-electron chi connectivity index (χ1n) is 3.96. The Kier molecular flexibility index (Phi) is 2.66. The van der Waals surface area contributed by atoms with Crippen molar-refractivity contribution in [3.05, 3.63) is 0 Å². The minimum absolute atomic E-state index is 0.187. The van der Waals surface area contributed by atoms with Crippen LogP contribution in [0.1, 0.15) is 12.8 Å². The Labute approximate surface area is 71.5 Å². The molecule has 4 nitrogen and oxygen atoms in total. The van der Waals surface area contributed by atoms with Crippen molar-refractivity contribution < 1.29 is 9.53 Å². The van der Waals surface area contributed by atoms with Crippen molar-refractivity contribution in [3.63, 3.8) is 0 Å². The third-order valence-electron chi connectivity index (χ3n) is 2.22. The smallest absolute Gasteiger partial charge is 0.240 e. The predicted molar refractivity (Wildman–Crippen MR) is 42.2 cm³/mol. The Balaban J connectivity index is 2.74. The molecule has 4 heteroatoms. The summed E-state index contributed by atoms with van der Waals surface area (Å²) in [6, 6.07) is 2.08. The first-order chi connectivity index (χ1) is 5.75. The molecule has 0 saturated carbocycles. The van der Waals surface area contributed by atoms with E-state index >= 15 is 0 Å². The summed E-state index contributed by atoms with van der Waals surface area (Å²) in [5.74, 6) is -0.187. The lowest BCUT2D eigenvalue weighted by Gasteiger charge is -2.28. The second kappa shape index (κ2) is 3.55. The van der Waals surface area contributed by atoms with Crippen molar-refractivity contribution in [1.29, 1.82) is 5.26 Å². The maximum atomic E-state index is 11.3. The summed E-state index contributed by atoms with van der Waals surface area (Å²) in [6.07, 6.45) is 1.01. The fourth-order valence-corrected chi connectivity index (χ4v) is 1.35. The quantitative estimate of drug-likeness (QED) is 0.602. The molecule has 1 heterocycles. The highest BCUT2D eigenvalue weighted by molar-refractivity contribution is 5.85. The largest absolute Gasteiger partial charge is 0.381 e. The van der Waals surface area contributed by atoms with Gasteiger partial charge in [-0.15, -0.1) is 0 Å². The second-order valence-electron chi connectivity index (χ2n) is 2.89. The number of amides is 1. The second-order valence-corrected chi connectivity index (χ2v) is 2.89. The van der Waals surface area contributed by atoms with E-state index in [1.54, 1.807) is 7.05 Å². The zero-order chi connectivity index (χ0) is 9.03. The van der Waals surface area contributed by atoms with Crippen LogP contribution < -0.4 is 5.32 Å². The predicted octanol–water partition coefficient (Wildman–Crippen LogP) is 0.0528. The molecule has 0 spiro atoms. The standard InChI is InChI=1S/C8H12N2O2/c1-10-7(11)8(6-9)2-4-12-5-3-8/h2-5H2,1H3,(H,10,11). The van der Waals surface area contributed by atoms with Gasteiger partial charge in [-0.3, -0.25) is 4.79 Å². The molecule has 1 rings (SSSR count). The Morgan fingerprint density at radius 3 is 2.58 bits per heavy atom. The summed E-state index contributed by atoms with van der Waals surface area (Å²) in [5.41, 5.74) is -0.840. The van der Waals surface area contributed by atoms with Crippen LogP contribution in [0.5, 0.6) is 0 Å². The summed E-state index contributed by atoms with van der Waals surface area (Å²) in [7, 11) is 1.55. The van der Waals surface area contributed by atoms with Crippen molar-refractivity contribution in [2.75, 3.05) is 20.3 Å². The number of hydrogen-bond acceptors (Lipinski definition) is 3. The molecule has 0 aromatic carbocycles. The van der Waals surface area contributed by atoms with Crippen molar-refractivity contribution in [2.24, 2.45) is 5.41 Å².